The van der Waals surface area contributed by atoms with Gasteiger partial charge in [0.1, 0.15) is 6.10 Å². The molecule has 2 unspecified atom stereocenters. The van der Waals surface area contributed by atoms with Crippen LogP contribution in [0.2, 0.25) is 0 Å². The van der Waals surface area contributed by atoms with Gasteiger partial charge >= 0.3 is 0 Å². The van der Waals surface area contributed by atoms with Crippen LogP contribution in [0, 0.1) is 11.3 Å². The summed E-state index contributed by atoms with van der Waals surface area (Å²) < 4.78 is 0. The van der Waals surface area contributed by atoms with Gasteiger partial charge in [0.15, 0.2) is 0 Å². The maximum absolute atomic E-state index is 9.73. The Kier molecular flexibility index (Phi) is 3.87. The van der Waals surface area contributed by atoms with Crippen molar-refractivity contribution in [2.24, 2.45) is 11.3 Å². The summed E-state index contributed by atoms with van der Waals surface area (Å²) in [5.41, 5.74) is 0.702. The van der Waals surface area contributed by atoms with E-state index in [1.54, 1.807) is 0 Å². The van der Waals surface area contributed by atoms with Crippen LogP contribution in [0.1, 0.15) is 44.9 Å². The Labute approximate surface area is 115 Å². The van der Waals surface area contributed by atoms with Crippen molar-refractivity contribution in [3.05, 3.63) is 0 Å². The number of rotatable bonds is 2. The summed E-state index contributed by atoms with van der Waals surface area (Å²) in [6.45, 7) is 1.97. The largest absolute Gasteiger partial charge is 0.389 e. The first-order valence-electron chi connectivity index (χ1n) is 7.85. The third-order valence-corrected chi connectivity index (χ3v) is 5.78. The Bertz CT molecular complexity index is 297. The SMILES string of the molecule is OC1CN(CC2CCC3(CCC3)CC2)CC(O)C1O. The van der Waals surface area contributed by atoms with Crippen LogP contribution in [0.25, 0.3) is 0 Å². The van der Waals surface area contributed by atoms with E-state index in [9.17, 15) is 15.3 Å². The van der Waals surface area contributed by atoms with E-state index in [0.29, 0.717) is 24.4 Å². The van der Waals surface area contributed by atoms with Crippen LogP contribution in [0.15, 0.2) is 0 Å². The van der Waals surface area contributed by atoms with E-state index in [1.807, 2.05) is 0 Å². The molecule has 1 aliphatic heterocycles. The smallest absolute Gasteiger partial charge is 0.108 e. The molecule has 0 amide bonds. The van der Waals surface area contributed by atoms with E-state index in [2.05, 4.69) is 4.90 Å². The summed E-state index contributed by atoms with van der Waals surface area (Å²) in [6, 6.07) is 0. The quantitative estimate of drug-likeness (QED) is 0.692. The van der Waals surface area contributed by atoms with Crippen molar-refractivity contribution in [1.29, 1.82) is 0 Å². The molecule has 1 heterocycles. The molecule has 19 heavy (non-hydrogen) atoms. The van der Waals surface area contributed by atoms with Crippen molar-refractivity contribution in [2.45, 2.75) is 63.3 Å². The summed E-state index contributed by atoms with van der Waals surface area (Å²) in [7, 11) is 0. The second kappa shape index (κ2) is 5.32. The van der Waals surface area contributed by atoms with E-state index in [4.69, 9.17) is 0 Å². The van der Waals surface area contributed by atoms with E-state index in [0.717, 1.165) is 6.54 Å². The Balaban J connectivity index is 1.47. The predicted molar refractivity (Wildman–Crippen MR) is 72.7 cm³/mol. The normalized spacial score (nSPS) is 40.3. The van der Waals surface area contributed by atoms with Crippen LogP contribution in [-0.4, -0.2) is 58.2 Å². The molecule has 110 valence electrons. The molecule has 2 aliphatic carbocycles. The fraction of sp³-hybridized carbons (Fsp3) is 1.00. The van der Waals surface area contributed by atoms with Gasteiger partial charge < -0.3 is 15.3 Å². The maximum atomic E-state index is 9.73. The number of aliphatic hydroxyl groups excluding tert-OH is 3. The highest BCUT2D eigenvalue weighted by molar-refractivity contribution is 4.93. The first kappa shape index (κ1) is 13.8. The molecule has 1 spiro atoms. The predicted octanol–water partition coefficient (Wildman–Crippen LogP) is 0.745. The number of aliphatic hydroxyl groups is 3. The van der Waals surface area contributed by atoms with Gasteiger partial charge in [-0.25, -0.2) is 0 Å². The van der Waals surface area contributed by atoms with E-state index < -0.39 is 18.3 Å². The molecule has 3 fully saturated rings. The van der Waals surface area contributed by atoms with Crippen molar-refractivity contribution in [3.63, 3.8) is 0 Å². The van der Waals surface area contributed by atoms with Gasteiger partial charge in [-0.1, -0.05) is 6.42 Å². The first-order valence-corrected chi connectivity index (χ1v) is 7.85. The lowest BCUT2D eigenvalue weighted by Crippen LogP contribution is -2.56. The average Bonchev–Trinajstić information content (AvgIpc) is 2.35. The number of β-amino-alcohol motifs (C(OH)–C–C–N with tert-alkyl or cyclic N) is 2. The monoisotopic (exact) mass is 269 g/mol. The second-order valence-electron chi connectivity index (χ2n) is 7.14. The van der Waals surface area contributed by atoms with Crippen LogP contribution < -0.4 is 0 Å². The highest BCUT2D eigenvalue weighted by Gasteiger charge is 2.41. The van der Waals surface area contributed by atoms with Gasteiger partial charge in [-0.05, 0) is 49.9 Å². The number of piperidine rings is 1. The summed E-state index contributed by atoms with van der Waals surface area (Å²) in [6.07, 6.45) is 7.07. The van der Waals surface area contributed by atoms with Crippen molar-refractivity contribution in [3.8, 4) is 0 Å². The molecular formula is C15H27NO3. The molecule has 0 aromatic rings. The van der Waals surface area contributed by atoms with Gasteiger partial charge in [0.2, 0.25) is 0 Å². The highest BCUT2D eigenvalue weighted by atomic mass is 16.4. The standard InChI is InChI=1S/C15H27NO3/c17-12-9-16(10-13(18)14(12)19)8-11-2-6-15(7-3-11)4-1-5-15/h11-14,17-19H,1-10H2. The molecule has 4 nitrogen and oxygen atoms in total. The molecule has 3 aliphatic rings. The van der Waals surface area contributed by atoms with Gasteiger partial charge in [-0.15, -0.1) is 0 Å². The van der Waals surface area contributed by atoms with Crippen LogP contribution >= 0.6 is 0 Å². The molecule has 0 aromatic heterocycles. The lowest BCUT2D eigenvalue weighted by Gasteiger charge is -2.48. The summed E-state index contributed by atoms with van der Waals surface area (Å²) in [4.78, 5) is 2.13. The van der Waals surface area contributed by atoms with Crippen molar-refractivity contribution in [2.75, 3.05) is 19.6 Å². The van der Waals surface area contributed by atoms with Gasteiger partial charge in [-0.2, -0.15) is 0 Å². The van der Waals surface area contributed by atoms with Crippen LogP contribution in [0.4, 0.5) is 0 Å². The topological polar surface area (TPSA) is 63.9 Å². The van der Waals surface area contributed by atoms with E-state index in [-0.39, 0.29) is 0 Å². The van der Waals surface area contributed by atoms with Crippen LogP contribution in [0.3, 0.4) is 0 Å². The number of hydrogen-bond acceptors (Lipinski definition) is 4. The lowest BCUT2D eigenvalue weighted by atomic mass is 9.59. The molecular weight excluding hydrogens is 242 g/mol. The summed E-state index contributed by atoms with van der Waals surface area (Å²) in [5, 5.41) is 29.0. The minimum atomic E-state index is -0.971. The number of hydrogen-bond donors (Lipinski definition) is 3. The number of nitrogens with zero attached hydrogens (tertiary/aromatic N) is 1. The average molecular weight is 269 g/mol. The lowest BCUT2D eigenvalue weighted by molar-refractivity contribution is -0.113. The Hall–Kier alpha value is -0.160. The maximum Gasteiger partial charge on any atom is 0.108 e. The zero-order valence-electron chi connectivity index (χ0n) is 11.7. The molecule has 3 N–H and O–H groups in total. The molecule has 3 rings (SSSR count). The van der Waals surface area contributed by atoms with Gasteiger partial charge in [0, 0.05) is 19.6 Å². The highest BCUT2D eigenvalue weighted by Crippen LogP contribution is 2.52. The number of likely N-dealkylation sites (tertiary alicyclic amines) is 1. The Morgan fingerprint density at radius 1 is 0.895 bits per heavy atom. The third-order valence-electron chi connectivity index (χ3n) is 5.78. The molecule has 0 radical (unpaired) electrons. The molecule has 4 heteroatoms. The minimum Gasteiger partial charge on any atom is -0.389 e. The molecule has 2 atom stereocenters. The summed E-state index contributed by atoms with van der Waals surface area (Å²) in [5.74, 6) is 0.709. The molecule has 2 saturated carbocycles. The molecule has 0 bridgehead atoms. The van der Waals surface area contributed by atoms with E-state index >= 15 is 0 Å². The zero-order chi connectivity index (χ0) is 13.5. The van der Waals surface area contributed by atoms with Crippen LogP contribution in [-0.2, 0) is 0 Å². The van der Waals surface area contributed by atoms with Gasteiger partial charge in [0.05, 0.1) is 12.2 Å². The Morgan fingerprint density at radius 2 is 1.47 bits per heavy atom. The van der Waals surface area contributed by atoms with Gasteiger partial charge in [0.25, 0.3) is 0 Å². The van der Waals surface area contributed by atoms with Crippen molar-refractivity contribution in [1.82, 2.24) is 4.90 Å². The van der Waals surface area contributed by atoms with Crippen LogP contribution in [0.5, 0.6) is 0 Å². The third kappa shape index (κ3) is 2.82. The fourth-order valence-corrected chi connectivity index (χ4v) is 4.24. The molecule has 1 saturated heterocycles. The van der Waals surface area contributed by atoms with Crippen molar-refractivity contribution >= 4 is 0 Å². The minimum absolute atomic E-state index is 0.500. The summed E-state index contributed by atoms with van der Waals surface area (Å²) >= 11 is 0. The van der Waals surface area contributed by atoms with Gasteiger partial charge in [-0.3, -0.25) is 4.90 Å². The molecule has 0 aromatic carbocycles. The second-order valence-corrected chi connectivity index (χ2v) is 7.14. The fourth-order valence-electron chi connectivity index (χ4n) is 4.24. The Morgan fingerprint density at radius 3 is 1.95 bits per heavy atom. The van der Waals surface area contributed by atoms with E-state index in [1.165, 1.54) is 44.9 Å². The first-order chi connectivity index (χ1) is 9.08. The van der Waals surface area contributed by atoms with Crippen molar-refractivity contribution < 1.29 is 15.3 Å². The zero-order valence-corrected chi connectivity index (χ0v) is 11.7.